The highest BCUT2D eigenvalue weighted by atomic mass is 16.8. The van der Waals surface area contributed by atoms with E-state index in [4.69, 9.17) is 28.4 Å². The van der Waals surface area contributed by atoms with E-state index in [0.29, 0.717) is 12.0 Å². The molecule has 0 aromatic carbocycles. The fourth-order valence-corrected chi connectivity index (χ4v) is 8.29. The molecular weight excluding hydrogens is 678 g/mol. The first kappa shape index (κ1) is 41.4. The number of carbonyl (C=O) groups excluding carboxylic acids is 3. The first-order valence-corrected chi connectivity index (χ1v) is 18.1. The number of pyridine rings is 1. The van der Waals surface area contributed by atoms with E-state index in [-0.39, 0.29) is 37.1 Å². The Kier molecular flexibility index (Phi) is 13.3. The molecule has 292 valence electrons. The third kappa shape index (κ3) is 8.87. The van der Waals surface area contributed by atoms with Gasteiger partial charge in [-0.15, -0.1) is 0 Å². The Bertz CT molecular complexity index is 1430. The molecule has 3 aliphatic heterocycles. The largest absolute Gasteiger partial charge is 0.509 e. The van der Waals surface area contributed by atoms with E-state index in [2.05, 4.69) is 10.1 Å². The van der Waals surface area contributed by atoms with Crippen molar-refractivity contribution in [3.63, 3.8) is 0 Å². The van der Waals surface area contributed by atoms with Gasteiger partial charge in [0.1, 0.15) is 18.3 Å². The van der Waals surface area contributed by atoms with Crippen LogP contribution in [-0.4, -0.2) is 123 Å². The van der Waals surface area contributed by atoms with E-state index in [1.807, 2.05) is 25.9 Å². The van der Waals surface area contributed by atoms with Crippen LogP contribution < -0.4 is 0 Å². The number of fused-ring (bicyclic) bond motifs is 1. The molecule has 0 spiro atoms. The molecule has 14 atom stereocenters. The van der Waals surface area contributed by atoms with Gasteiger partial charge in [0, 0.05) is 36.2 Å². The summed E-state index contributed by atoms with van der Waals surface area (Å²) >= 11 is 0. The second kappa shape index (κ2) is 16.8. The van der Waals surface area contributed by atoms with Crippen LogP contribution in [0.4, 0.5) is 4.79 Å². The molecule has 15 heteroatoms. The molecule has 1 aromatic rings. The van der Waals surface area contributed by atoms with Crippen LogP contribution in [0.1, 0.15) is 80.2 Å². The zero-order chi connectivity index (χ0) is 38.7. The maximum atomic E-state index is 14.1. The van der Waals surface area contributed by atoms with Gasteiger partial charge < -0.3 is 48.7 Å². The fourth-order valence-electron chi connectivity index (χ4n) is 8.29. The number of aliphatic hydroxyl groups is 2. The smallest absolute Gasteiger partial charge is 0.461 e. The van der Waals surface area contributed by atoms with E-state index in [1.165, 1.54) is 13.1 Å². The Morgan fingerprint density at radius 1 is 1.12 bits per heavy atom. The van der Waals surface area contributed by atoms with Crippen molar-refractivity contribution in [2.75, 3.05) is 14.1 Å². The lowest BCUT2D eigenvalue weighted by Gasteiger charge is -2.47. The van der Waals surface area contributed by atoms with Crippen molar-refractivity contribution in [3.05, 3.63) is 30.1 Å². The summed E-state index contributed by atoms with van der Waals surface area (Å²) < 4.78 is 36.2. The number of aromatic nitrogens is 1. The number of likely N-dealkylation sites (N-methyl/N-ethyl adjacent to an activating group) is 1. The van der Waals surface area contributed by atoms with Crippen molar-refractivity contribution < 1.29 is 58.2 Å². The van der Waals surface area contributed by atoms with Crippen LogP contribution >= 0.6 is 0 Å². The molecule has 3 N–H and O–H groups in total. The zero-order valence-corrected chi connectivity index (χ0v) is 31.9. The molecule has 4 rings (SSSR count). The molecule has 4 heterocycles. The molecule has 0 aliphatic carbocycles. The van der Waals surface area contributed by atoms with Gasteiger partial charge in [-0.1, -0.05) is 38.9 Å². The number of rotatable bonds is 7. The standard InChI is InChI=1S/C37H57N3O12/c1-11-26-37(8)32(51-35(44)52-37)21(4)28(39-46)19(2)17-36(7,45)31(50-34-29(42)25(40(9)10)15-20(3)47-34)22(5)30(23(6)33(43)48-26)49-27(41)16-24-13-12-14-38-18-24/h12-14,18-23,25-26,29-32,34,42,45-46H,11,15-17H2,1-10H3/b39-28+/t19-,20-,21+,22+,23-,25+,26-,29-,30+,31-,32-,34+,36+,37-/m1/s1. The van der Waals surface area contributed by atoms with Crippen molar-refractivity contribution in [1.82, 2.24) is 9.88 Å². The SMILES string of the molecule is CC[C@H]1OC(=O)[C@H](C)[C@@H](OC(=O)Cc2cccnc2)[C@H](C)[C@@H](O[C@@H]2O[C@H](C)C[C@H](N(C)C)[C@H]2O)[C@@](C)(O)C[C@@H](C)/C(=N\O)[C@H](C)[C@H]2OC(=O)O[C@@]21C. The number of esters is 2. The predicted molar refractivity (Wildman–Crippen MR) is 186 cm³/mol. The second-order valence-corrected chi connectivity index (χ2v) is 15.5. The Hall–Kier alpha value is -3.37. The van der Waals surface area contributed by atoms with Crippen LogP contribution in [0, 0.1) is 23.7 Å². The van der Waals surface area contributed by atoms with Crippen LogP contribution in [0.25, 0.3) is 0 Å². The maximum absolute atomic E-state index is 14.1. The van der Waals surface area contributed by atoms with Gasteiger partial charge in [0.05, 0.1) is 35.9 Å². The molecule has 3 fully saturated rings. The monoisotopic (exact) mass is 735 g/mol. The van der Waals surface area contributed by atoms with Crippen molar-refractivity contribution in [2.24, 2.45) is 28.8 Å². The summed E-state index contributed by atoms with van der Waals surface area (Å²) in [6.45, 7) is 13.5. The van der Waals surface area contributed by atoms with Crippen LogP contribution in [-0.2, 0) is 44.4 Å². The lowest BCUT2D eigenvalue weighted by atomic mass is 9.73. The van der Waals surface area contributed by atoms with Crippen LogP contribution in [0.5, 0.6) is 0 Å². The van der Waals surface area contributed by atoms with Gasteiger partial charge >= 0.3 is 18.1 Å². The molecule has 3 saturated heterocycles. The number of aliphatic hydroxyl groups excluding tert-OH is 1. The van der Waals surface area contributed by atoms with Crippen LogP contribution in [0.3, 0.4) is 0 Å². The van der Waals surface area contributed by atoms with Crippen molar-refractivity contribution >= 4 is 23.8 Å². The summed E-state index contributed by atoms with van der Waals surface area (Å²) in [4.78, 5) is 46.3. The highest BCUT2D eigenvalue weighted by Gasteiger charge is 2.59. The summed E-state index contributed by atoms with van der Waals surface area (Å²) in [5.74, 6) is -4.85. The molecular formula is C37H57N3O12. The number of oxime groups is 1. The minimum absolute atomic E-state index is 0.0637. The van der Waals surface area contributed by atoms with E-state index in [9.17, 15) is 29.8 Å². The van der Waals surface area contributed by atoms with E-state index in [1.54, 1.807) is 59.9 Å². The topological polar surface area (TPSA) is 196 Å². The Labute approximate surface area is 305 Å². The number of ether oxygens (including phenoxy) is 6. The molecule has 3 aliphatic rings. The average molecular weight is 736 g/mol. The van der Waals surface area contributed by atoms with Gasteiger partial charge in [0.15, 0.2) is 18.0 Å². The second-order valence-electron chi connectivity index (χ2n) is 15.5. The fraction of sp³-hybridized carbons (Fsp3) is 0.757. The van der Waals surface area contributed by atoms with E-state index >= 15 is 0 Å². The molecule has 0 radical (unpaired) electrons. The molecule has 0 bridgehead atoms. The highest BCUT2D eigenvalue weighted by molar-refractivity contribution is 5.89. The van der Waals surface area contributed by atoms with Gasteiger partial charge in [-0.25, -0.2) is 4.79 Å². The van der Waals surface area contributed by atoms with Crippen LogP contribution in [0.15, 0.2) is 29.7 Å². The quantitative estimate of drug-likeness (QED) is 0.159. The van der Waals surface area contributed by atoms with Gasteiger partial charge in [-0.3, -0.25) is 14.6 Å². The van der Waals surface area contributed by atoms with Gasteiger partial charge in [-0.2, -0.15) is 0 Å². The number of carbonyl (C=O) groups is 3. The molecule has 0 amide bonds. The minimum Gasteiger partial charge on any atom is -0.461 e. The van der Waals surface area contributed by atoms with Gasteiger partial charge in [0.25, 0.3) is 0 Å². The van der Waals surface area contributed by atoms with Gasteiger partial charge in [-0.05, 0) is 72.7 Å². The Balaban J connectivity index is 1.83. The zero-order valence-electron chi connectivity index (χ0n) is 31.9. The van der Waals surface area contributed by atoms with Crippen molar-refractivity contribution in [2.45, 2.75) is 141 Å². The summed E-state index contributed by atoms with van der Waals surface area (Å²) in [7, 11) is 3.68. The van der Waals surface area contributed by atoms with Crippen molar-refractivity contribution in [3.8, 4) is 0 Å². The van der Waals surface area contributed by atoms with Crippen LogP contribution in [0.2, 0.25) is 0 Å². The summed E-state index contributed by atoms with van der Waals surface area (Å²) in [6.07, 6.45) is -4.47. The van der Waals surface area contributed by atoms with E-state index < -0.39 is 89.8 Å². The summed E-state index contributed by atoms with van der Waals surface area (Å²) in [5.41, 5.74) is -2.49. The van der Waals surface area contributed by atoms with E-state index in [0.717, 1.165) is 0 Å². The molecule has 15 nitrogen and oxygen atoms in total. The number of nitrogens with zero attached hydrogens (tertiary/aromatic N) is 3. The summed E-state index contributed by atoms with van der Waals surface area (Å²) in [5, 5.41) is 37.9. The van der Waals surface area contributed by atoms with Gasteiger partial charge in [0.2, 0.25) is 0 Å². The van der Waals surface area contributed by atoms with Crippen molar-refractivity contribution in [1.29, 1.82) is 0 Å². The highest BCUT2D eigenvalue weighted by Crippen LogP contribution is 2.42. The average Bonchev–Trinajstić information content (AvgIpc) is 3.39. The Morgan fingerprint density at radius 2 is 1.81 bits per heavy atom. The molecule has 0 unspecified atom stereocenters. The third-order valence-corrected chi connectivity index (χ3v) is 11.0. The lowest BCUT2D eigenvalue weighted by molar-refractivity contribution is -0.299. The molecule has 0 saturated carbocycles. The number of cyclic esters (lactones) is 1. The first-order chi connectivity index (χ1) is 24.3. The maximum Gasteiger partial charge on any atom is 0.509 e. The molecule has 52 heavy (non-hydrogen) atoms. The molecule has 1 aromatic heterocycles. The normalized spacial score (nSPS) is 41.4. The Morgan fingerprint density at radius 3 is 2.40 bits per heavy atom. The third-order valence-electron chi connectivity index (χ3n) is 11.0. The minimum atomic E-state index is -1.79. The lowest BCUT2D eigenvalue weighted by Crippen LogP contribution is -2.60. The summed E-state index contributed by atoms with van der Waals surface area (Å²) in [6, 6.07) is 3.08. The number of hydrogen-bond acceptors (Lipinski definition) is 15. The first-order valence-electron chi connectivity index (χ1n) is 18.1. The number of hydrogen-bond donors (Lipinski definition) is 3. The predicted octanol–water partition coefficient (Wildman–Crippen LogP) is 3.49.